The summed E-state index contributed by atoms with van der Waals surface area (Å²) >= 11 is 0. The number of amides is 3. The maximum atomic E-state index is 12.6. The number of anilines is 1. The molecule has 25 heavy (non-hydrogen) atoms. The lowest BCUT2D eigenvalue weighted by Gasteiger charge is -2.24. The van der Waals surface area contributed by atoms with Gasteiger partial charge in [-0.1, -0.05) is 12.1 Å². The Morgan fingerprint density at radius 1 is 1.32 bits per heavy atom. The van der Waals surface area contributed by atoms with Crippen molar-refractivity contribution < 1.29 is 19.1 Å². The van der Waals surface area contributed by atoms with E-state index in [0.29, 0.717) is 18.7 Å². The van der Waals surface area contributed by atoms with Crippen LogP contribution in [0.1, 0.15) is 31.7 Å². The van der Waals surface area contributed by atoms with Gasteiger partial charge >= 0.3 is 12.0 Å². The molecule has 7 heteroatoms. The maximum Gasteiger partial charge on any atom is 0.325 e. The van der Waals surface area contributed by atoms with Crippen LogP contribution < -0.4 is 10.6 Å². The Morgan fingerprint density at radius 2 is 2.12 bits per heavy atom. The van der Waals surface area contributed by atoms with Crippen molar-refractivity contribution in [3.05, 3.63) is 29.8 Å². The molecule has 7 nitrogen and oxygen atoms in total. The second-order valence-electron chi connectivity index (χ2n) is 6.08. The average Bonchev–Trinajstić information content (AvgIpc) is 2.71. The summed E-state index contributed by atoms with van der Waals surface area (Å²) in [6.07, 6.45) is 2.16. The predicted octanol–water partition coefficient (Wildman–Crippen LogP) is 2.06. The minimum atomic E-state index is -0.637. The van der Waals surface area contributed by atoms with E-state index in [4.69, 9.17) is 4.74 Å². The van der Waals surface area contributed by atoms with Gasteiger partial charge in [0, 0.05) is 12.2 Å². The fourth-order valence-electron chi connectivity index (χ4n) is 2.81. The fraction of sp³-hybridized carbons (Fsp3) is 0.500. The summed E-state index contributed by atoms with van der Waals surface area (Å²) < 4.78 is 4.91. The van der Waals surface area contributed by atoms with E-state index >= 15 is 0 Å². The first kappa shape index (κ1) is 18.8. The number of hydrogen-bond acceptors (Lipinski definition) is 4. The largest absolute Gasteiger partial charge is 0.465 e. The van der Waals surface area contributed by atoms with Crippen LogP contribution in [0.2, 0.25) is 0 Å². The van der Waals surface area contributed by atoms with E-state index in [0.717, 1.165) is 18.4 Å². The van der Waals surface area contributed by atoms with Crippen LogP contribution in [-0.2, 0) is 14.3 Å². The van der Waals surface area contributed by atoms with Crippen molar-refractivity contribution >= 4 is 23.6 Å². The third-order valence-electron chi connectivity index (χ3n) is 3.99. The smallest absolute Gasteiger partial charge is 0.325 e. The van der Waals surface area contributed by atoms with Crippen LogP contribution >= 0.6 is 0 Å². The molecule has 3 amide bonds. The standard InChI is InChI=1S/C18H25N3O4/c1-3-25-16(22)12-21-10-5-4-9-15(17(21)23)20-18(24)19-14-8-6-7-13(2)11-14/h6-8,11,15H,3-5,9-10,12H2,1-2H3,(H2,19,20,24). The fourth-order valence-corrected chi connectivity index (χ4v) is 2.81. The van der Waals surface area contributed by atoms with Gasteiger partial charge in [0.2, 0.25) is 5.91 Å². The van der Waals surface area contributed by atoms with Crippen molar-refractivity contribution in [1.29, 1.82) is 0 Å². The Hall–Kier alpha value is -2.57. The molecule has 2 N–H and O–H groups in total. The van der Waals surface area contributed by atoms with Gasteiger partial charge in [-0.15, -0.1) is 0 Å². The molecule has 1 saturated heterocycles. The van der Waals surface area contributed by atoms with Gasteiger partial charge in [0.25, 0.3) is 0 Å². The van der Waals surface area contributed by atoms with Gasteiger partial charge in [-0.2, -0.15) is 0 Å². The molecule has 1 atom stereocenters. The first-order chi connectivity index (χ1) is 12.0. The number of nitrogens with zero attached hydrogens (tertiary/aromatic N) is 1. The second kappa shape index (κ2) is 9.05. The number of hydrogen-bond donors (Lipinski definition) is 2. The highest BCUT2D eigenvalue weighted by Gasteiger charge is 2.29. The lowest BCUT2D eigenvalue weighted by atomic mass is 10.1. The van der Waals surface area contributed by atoms with Crippen molar-refractivity contribution in [2.24, 2.45) is 0 Å². The van der Waals surface area contributed by atoms with Gasteiger partial charge in [-0.25, -0.2) is 4.79 Å². The molecular weight excluding hydrogens is 322 g/mol. The summed E-state index contributed by atoms with van der Waals surface area (Å²) in [5.74, 6) is -0.675. The number of carbonyl (C=O) groups is 3. The summed E-state index contributed by atoms with van der Waals surface area (Å²) in [6, 6.07) is 6.35. The molecule has 1 aliphatic heterocycles. The monoisotopic (exact) mass is 347 g/mol. The minimum absolute atomic E-state index is 0.0790. The van der Waals surface area contributed by atoms with Crippen LogP contribution in [0.5, 0.6) is 0 Å². The van der Waals surface area contributed by atoms with Crippen LogP contribution in [-0.4, -0.2) is 48.5 Å². The van der Waals surface area contributed by atoms with Gasteiger partial charge < -0.3 is 20.3 Å². The molecule has 0 radical (unpaired) electrons. The summed E-state index contributed by atoms with van der Waals surface area (Å²) in [6.45, 7) is 4.36. The van der Waals surface area contributed by atoms with E-state index in [1.807, 2.05) is 25.1 Å². The number of likely N-dealkylation sites (tertiary alicyclic amines) is 1. The van der Waals surface area contributed by atoms with E-state index in [1.54, 1.807) is 13.0 Å². The zero-order valence-corrected chi connectivity index (χ0v) is 14.7. The molecule has 136 valence electrons. The summed E-state index contributed by atoms with van der Waals surface area (Å²) in [7, 11) is 0. The van der Waals surface area contributed by atoms with Crippen LogP contribution in [0.4, 0.5) is 10.5 Å². The normalized spacial score (nSPS) is 17.6. The van der Waals surface area contributed by atoms with Crippen LogP contribution in [0.25, 0.3) is 0 Å². The summed E-state index contributed by atoms with van der Waals surface area (Å²) in [5.41, 5.74) is 1.70. The van der Waals surface area contributed by atoms with E-state index < -0.39 is 18.0 Å². The Morgan fingerprint density at radius 3 is 2.84 bits per heavy atom. The zero-order valence-electron chi connectivity index (χ0n) is 14.7. The predicted molar refractivity (Wildman–Crippen MR) is 94.2 cm³/mol. The topological polar surface area (TPSA) is 87.7 Å². The van der Waals surface area contributed by atoms with Gasteiger partial charge in [0.1, 0.15) is 12.6 Å². The molecule has 1 heterocycles. The maximum absolute atomic E-state index is 12.6. The van der Waals surface area contributed by atoms with E-state index in [-0.39, 0.29) is 19.1 Å². The number of carbonyl (C=O) groups excluding carboxylic acids is 3. The van der Waals surface area contributed by atoms with Crippen LogP contribution in [0.3, 0.4) is 0 Å². The molecule has 1 unspecified atom stereocenters. The number of aryl methyl sites for hydroxylation is 1. The number of esters is 1. The molecule has 0 saturated carbocycles. The first-order valence-corrected chi connectivity index (χ1v) is 8.58. The number of benzene rings is 1. The van der Waals surface area contributed by atoms with E-state index in [2.05, 4.69) is 10.6 Å². The second-order valence-corrected chi connectivity index (χ2v) is 6.08. The quantitative estimate of drug-likeness (QED) is 0.798. The summed E-state index contributed by atoms with van der Waals surface area (Å²) in [4.78, 5) is 37.9. The highest BCUT2D eigenvalue weighted by molar-refractivity contribution is 5.94. The molecule has 0 aromatic heterocycles. The van der Waals surface area contributed by atoms with Gasteiger partial charge in [0.15, 0.2) is 0 Å². The van der Waals surface area contributed by atoms with Crippen molar-refractivity contribution in [2.45, 2.75) is 39.2 Å². The number of ether oxygens (including phenoxy) is 1. The van der Waals surface area contributed by atoms with Gasteiger partial charge in [-0.05, 0) is 50.8 Å². The van der Waals surface area contributed by atoms with E-state index in [1.165, 1.54) is 4.90 Å². The Kier molecular flexibility index (Phi) is 6.80. The number of rotatable bonds is 5. The van der Waals surface area contributed by atoms with Crippen LogP contribution in [0.15, 0.2) is 24.3 Å². The Balaban J connectivity index is 1.95. The Bertz CT molecular complexity index is 633. The molecule has 2 rings (SSSR count). The molecule has 1 aromatic carbocycles. The zero-order chi connectivity index (χ0) is 18.2. The molecule has 0 aliphatic carbocycles. The molecular formula is C18H25N3O4. The molecule has 0 spiro atoms. The third-order valence-corrected chi connectivity index (χ3v) is 3.99. The molecule has 1 fully saturated rings. The van der Waals surface area contributed by atoms with Crippen molar-refractivity contribution in [3.63, 3.8) is 0 Å². The number of urea groups is 1. The van der Waals surface area contributed by atoms with Crippen LogP contribution in [0, 0.1) is 6.92 Å². The highest BCUT2D eigenvalue weighted by Crippen LogP contribution is 2.14. The van der Waals surface area contributed by atoms with Crippen molar-refractivity contribution in [2.75, 3.05) is 25.0 Å². The lowest BCUT2D eigenvalue weighted by molar-refractivity contribution is -0.149. The number of nitrogens with one attached hydrogen (secondary N) is 2. The third kappa shape index (κ3) is 5.77. The van der Waals surface area contributed by atoms with Gasteiger partial charge in [0.05, 0.1) is 6.61 Å². The highest BCUT2D eigenvalue weighted by atomic mass is 16.5. The lowest BCUT2D eigenvalue weighted by Crippen LogP contribution is -2.49. The van der Waals surface area contributed by atoms with Gasteiger partial charge in [-0.3, -0.25) is 9.59 Å². The molecule has 0 bridgehead atoms. The summed E-state index contributed by atoms with van der Waals surface area (Å²) in [5, 5.41) is 5.45. The first-order valence-electron chi connectivity index (χ1n) is 8.58. The Labute approximate surface area is 147 Å². The van der Waals surface area contributed by atoms with Crippen molar-refractivity contribution in [1.82, 2.24) is 10.2 Å². The SMILES string of the molecule is CCOC(=O)CN1CCCCC(NC(=O)Nc2cccc(C)c2)C1=O. The average molecular weight is 347 g/mol. The molecule has 1 aromatic rings. The van der Waals surface area contributed by atoms with Crippen molar-refractivity contribution in [3.8, 4) is 0 Å². The molecule has 1 aliphatic rings. The van der Waals surface area contributed by atoms with E-state index in [9.17, 15) is 14.4 Å². The minimum Gasteiger partial charge on any atom is -0.465 e.